The fourth-order valence-corrected chi connectivity index (χ4v) is 1.76. The minimum atomic E-state index is -0.129. The Balaban J connectivity index is 2.49. The number of amides is 1. The second-order valence-corrected chi connectivity index (χ2v) is 4.55. The maximum Gasteiger partial charge on any atom is 0.257 e. The van der Waals surface area contributed by atoms with E-state index in [0.29, 0.717) is 11.7 Å². The van der Waals surface area contributed by atoms with E-state index in [1.165, 1.54) is 12.8 Å². The zero-order valence-corrected chi connectivity index (χ0v) is 12.0. The van der Waals surface area contributed by atoms with Gasteiger partial charge in [-0.3, -0.25) is 4.79 Å². The third kappa shape index (κ3) is 5.64. The molecule has 0 unspecified atom stereocenters. The molecule has 4 heteroatoms. The van der Waals surface area contributed by atoms with Gasteiger partial charge in [0.25, 0.3) is 5.91 Å². The molecule has 0 fully saturated rings. The summed E-state index contributed by atoms with van der Waals surface area (Å²) in [6, 6.07) is 7.71. The van der Waals surface area contributed by atoms with Crippen molar-refractivity contribution in [2.75, 3.05) is 25.5 Å². The van der Waals surface area contributed by atoms with Gasteiger partial charge in [0.2, 0.25) is 0 Å². The van der Waals surface area contributed by atoms with Crippen LogP contribution >= 0.6 is 0 Å². The van der Waals surface area contributed by atoms with E-state index in [-0.39, 0.29) is 12.5 Å². The van der Waals surface area contributed by atoms with E-state index in [1.54, 1.807) is 7.05 Å². The number of rotatable bonds is 8. The SMILES string of the molecule is CCC(CC)CNc1cccc(OCC(=O)NC)c1. The van der Waals surface area contributed by atoms with Crippen LogP contribution in [0.4, 0.5) is 5.69 Å². The molecule has 1 amide bonds. The summed E-state index contributed by atoms with van der Waals surface area (Å²) in [6.07, 6.45) is 2.35. The van der Waals surface area contributed by atoms with Crippen LogP contribution in [0.15, 0.2) is 24.3 Å². The van der Waals surface area contributed by atoms with E-state index in [0.717, 1.165) is 12.2 Å². The standard InChI is InChI=1S/C15H24N2O2/c1-4-12(5-2)10-17-13-7-6-8-14(9-13)19-11-15(18)16-3/h6-9,12,17H,4-5,10-11H2,1-3H3,(H,16,18). The Hall–Kier alpha value is -1.71. The van der Waals surface area contributed by atoms with Gasteiger partial charge in [0.1, 0.15) is 5.75 Å². The van der Waals surface area contributed by atoms with E-state index in [9.17, 15) is 4.79 Å². The highest BCUT2D eigenvalue weighted by molar-refractivity contribution is 5.77. The number of anilines is 1. The van der Waals surface area contributed by atoms with Crippen molar-refractivity contribution in [2.24, 2.45) is 5.92 Å². The molecule has 0 saturated heterocycles. The van der Waals surface area contributed by atoms with Crippen molar-refractivity contribution in [1.82, 2.24) is 5.32 Å². The first-order chi connectivity index (χ1) is 9.19. The zero-order chi connectivity index (χ0) is 14.1. The molecule has 0 atom stereocenters. The predicted molar refractivity (Wildman–Crippen MR) is 78.6 cm³/mol. The molecule has 2 N–H and O–H groups in total. The molecular formula is C15H24N2O2. The van der Waals surface area contributed by atoms with Crippen LogP contribution in [0.2, 0.25) is 0 Å². The minimum Gasteiger partial charge on any atom is -0.484 e. The van der Waals surface area contributed by atoms with Gasteiger partial charge in [0.05, 0.1) is 0 Å². The van der Waals surface area contributed by atoms with Gasteiger partial charge in [-0.2, -0.15) is 0 Å². The van der Waals surface area contributed by atoms with E-state index in [1.807, 2.05) is 24.3 Å². The molecule has 106 valence electrons. The first-order valence-electron chi connectivity index (χ1n) is 6.86. The molecule has 0 aliphatic heterocycles. The fraction of sp³-hybridized carbons (Fsp3) is 0.533. The van der Waals surface area contributed by atoms with E-state index >= 15 is 0 Å². The van der Waals surface area contributed by atoms with Crippen molar-refractivity contribution in [3.8, 4) is 5.75 Å². The third-order valence-electron chi connectivity index (χ3n) is 3.23. The quantitative estimate of drug-likeness (QED) is 0.759. The summed E-state index contributed by atoms with van der Waals surface area (Å²) in [6.45, 7) is 5.43. The summed E-state index contributed by atoms with van der Waals surface area (Å²) in [5.41, 5.74) is 1.03. The van der Waals surface area contributed by atoms with Gasteiger partial charge in [-0.05, 0) is 18.1 Å². The second kappa shape index (κ2) is 8.40. The lowest BCUT2D eigenvalue weighted by atomic mass is 10.0. The van der Waals surface area contributed by atoms with Gasteiger partial charge in [0.15, 0.2) is 6.61 Å². The molecule has 19 heavy (non-hydrogen) atoms. The molecule has 0 heterocycles. The highest BCUT2D eigenvalue weighted by Crippen LogP contribution is 2.18. The molecule has 0 radical (unpaired) electrons. The molecule has 4 nitrogen and oxygen atoms in total. The average molecular weight is 264 g/mol. The van der Waals surface area contributed by atoms with Crippen molar-refractivity contribution in [3.63, 3.8) is 0 Å². The third-order valence-corrected chi connectivity index (χ3v) is 3.23. The van der Waals surface area contributed by atoms with Gasteiger partial charge < -0.3 is 15.4 Å². The summed E-state index contributed by atoms with van der Waals surface area (Å²) in [4.78, 5) is 11.1. The average Bonchev–Trinajstić information content (AvgIpc) is 2.46. The van der Waals surface area contributed by atoms with Crippen molar-refractivity contribution in [2.45, 2.75) is 26.7 Å². The number of likely N-dealkylation sites (N-methyl/N-ethyl adjacent to an activating group) is 1. The largest absolute Gasteiger partial charge is 0.484 e. The Morgan fingerprint density at radius 1 is 1.32 bits per heavy atom. The van der Waals surface area contributed by atoms with Crippen LogP contribution in [-0.4, -0.2) is 26.1 Å². The van der Waals surface area contributed by atoms with Crippen LogP contribution in [0.25, 0.3) is 0 Å². The summed E-state index contributed by atoms with van der Waals surface area (Å²) >= 11 is 0. The normalized spacial score (nSPS) is 10.3. The van der Waals surface area contributed by atoms with Crippen LogP contribution < -0.4 is 15.4 Å². The number of hydrogen-bond donors (Lipinski definition) is 2. The number of ether oxygens (including phenoxy) is 1. The van der Waals surface area contributed by atoms with Crippen molar-refractivity contribution in [3.05, 3.63) is 24.3 Å². The van der Waals surface area contributed by atoms with Gasteiger partial charge >= 0.3 is 0 Å². The first kappa shape index (κ1) is 15.3. The number of hydrogen-bond acceptors (Lipinski definition) is 3. The molecule has 1 aromatic rings. The number of carbonyl (C=O) groups excluding carboxylic acids is 1. The Bertz CT molecular complexity index is 389. The smallest absolute Gasteiger partial charge is 0.257 e. The molecule has 0 spiro atoms. The highest BCUT2D eigenvalue weighted by atomic mass is 16.5. The van der Waals surface area contributed by atoms with Gasteiger partial charge in [-0.25, -0.2) is 0 Å². The Morgan fingerprint density at radius 3 is 2.68 bits per heavy atom. The van der Waals surface area contributed by atoms with Crippen molar-refractivity contribution < 1.29 is 9.53 Å². The summed E-state index contributed by atoms with van der Waals surface area (Å²) in [7, 11) is 1.60. The molecule has 0 bridgehead atoms. The van der Waals surface area contributed by atoms with E-state index in [2.05, 4.69) is 24.5 Å². The van der Waals surface area contributed by atoms with E-state index < -0.39 is 0 Å². The van der Waals surface area contributed by atoms with Crippen LogP contribution in [0.3, 0.4) is 0 Å². The molecular weight excluding hydrogens is 240 g/mol. The van der Waals surface area contributed by atoms with Crippen LogP contribution in [0, 0.1) is 5.92 Å². The molecule has 0 saturated carbocycles. The molecule has 1 aromatic carbocycles. The van der Waals surface area contributed by atoms with Gasteiger partial charge in [-0.15, -0.1) is 0 Å². The molecule has 1 rings (SSSR count). The Morgan fingerprint density at radius 2 is 2.05 bits per heavy atom. The highest BCUT2D eigenvalue weighted by Gasteiger charge is 2.04. The van der Waals surface area contributed by atoms with Crippen molar-refractivity contribution >= 4 is 11.6 Å². The minimum absolute atomic E-state index is 0.0481. The maximum absolute atomic E-state index is 11.1. The molecule has 0 aliphatic rings. The Labute approximate surface area is 115 Å². The lowest BCUT2D eigenvalue weighted by Gasteiger charge is -2.15. The van der Waals surface area contributed by atoms with Crippen LogP contribution in [0.1, 0.15) is 26.7 Å². The van der Waals surface area contributed by atoms with Gasteiger partial charge in [-0.1, -0.05) is 32.8 Å². The summed E-state index contributed by atoms with van der Waals surface area (Å²) in [5, 5.41) is 5.93. The van der Waals surface area contributed by atoms with Crippen molar-refractivity contribution in [1.29, 1.82) is 0 Å². The number of carbonyl (C=O) groups is 1. The lowest BCUT2D eigenvalue weighted by molar-refractivity contribution is -0.122. The van der Waals surface area contributed by atoms with Crippen LogP contribution in [-0.2, 0) is 4.79 Å². The molecule has 0 aromatic heterocycles. The number of nitrogens with one attached hydrogen (secondary N) is 2. The fourth-order valence-electron chi connectivity index (χ4n) is 1.76. The summed E-state index contributed by atoms with van der Waals surface area (Å²) < 4.78 is 5.41. The Kier molecular flexibility index (Phi) is 6.79. The second-order valence-electron chi connectivity index (χ2n) is 4.55. The topological polar surface area (TPSA) is 50.4 Å². The van der Waals surface area contributed by atoms with Crippen LogP contribution in [0.5, 0.6) is 5.75 Å². The monoisotopic (exact) mass is 264 g/mol. The maximum atomic E-state index is 11.1. The van der Waals surface area contributed by atoms with E-state index in [4.69, 9.17) is 4.74 Å². The number of benzene rings is 1. The molecule has 0 aliphatic carbocycles. The predicted octanol–water partition coefficient (Wildman–Crippen LogP) is 2.66. The van der Waals surface area contributed by atoms with Gasteiger partial charge in [0, 0.05) is 25.3 Å². The first-order valence-corrected chi connectivity index (χ1v) is 6.86. The lowest BCUT2D eigenvalue weighted by Crippen LogP contribution is -2.24. The summed E-state index contributed by atoms with van der Waals surface area (Å²) in [5.74, 6) is 1.27. The zero-order valence-electron chi connectivity index (χ0n) is 12.0.